The van der Waals surface area contributed by atoms with Crippen molar-refractivity contribution in [3.8, 4) is 0 Å². The summed E-state index contributed by atoms with van der Waals surface area (Å²) in [7, 11) is 0. The molecule has 0 saturated carbocycles. The first-order chi connectivity index (χ1) is 18.5. The van der Waals surface area contributed by atoms with Crippen LogP contribution >= 0.6 is 11.8 Å². The Labute approximate surface area is 226 Å². The highest BCUT2D eigenvalue weighted by molar-refractivity contribution is 8.00. The highest BCUT2D eigenvalue weighted by Gasteiger charge is 2.41. The van der Waals surface area contributed by atoms with Crippen LogP contribution in [0.15, 0.2) is 73.3 Å². The molecule has 39 heavy (non-hydrogen) atoms. The van der Waals surface area contributed by atoms with Crippen LogP contribution in [0.25, 0.3) is 6.08 Å². The number of nitrogens with zero attached hydrogens (tertiary/aromatic N) is 3. The summed E-state index contributed by atoms with van der Waals surface area (Å²) in [5, 5.41) is 14.9. The summed E-state index contributed by atoms with van der Waals surface area (Å²) < 4.78 is 79.1. The number of hydrogen-bond donors (Lipinski definition) is 1. The zero-order valence-electron chi connectivity index (χ0n) is 20.8. The zero-order chi connectivity index (χ0) is 28.0. The molecule has 1 aliphatic rings. The molecule has 0 spiro atoms. The number of aromatic nitrogens is 3. The molecule has 1 aromatic heterocycles. The van der Waals surface area contributed by atoms with E-state index in [1.165, 1.54) is 47.3 Å². The van der Waals surface area contributed by atoms with Gasteiger partial charge in [-0.15, -0.1) is 11.8 Å². The Kier molecular flexibility index (Phi) is 9.21. The van der Waals surface area contributed by atoms with Crippen molar-refractivity contribution in [1.82, 2.24) is 14.8 Å². The lowest BCUT2D eigenvalue weighted by molar-refractivity contribution is -0.146. The molecule has 0 bridgehead atoms. The number of hydrogen-bond acceptors (Lipinski definition) is 6. The fourth-order valence-corrected chi connectivity index (χ4v) is 5.35. The molecule has 2 aromatic carbocycles. The summed E-state index contributed by atoms with van der Waals surface area (Å²) in [6, 6.07) is 7.86. The largest absolute Gasteiger partial charge is 0.416 e. The number of aliphatic hydroxyl groups is 1. The third-order valence-electron chi connectivity index (χ3n) is 6.14. The van der Waals surface area contributed by atoms with E-state index < -0.39 is 40.5 Å². The normalized spacial score (nSPS) is 20.9. The van der Waals surface area contributed by atoms with Gasteiger partial charge in [-0.25, -0.2) is 18.4 Å². The molecule has 0 amide bonds. The van der Waals surface area contributed by atoms with Gasteiger partial charge in [0.15, 0.2) is 6.29 Å². The Hall–Kier alpha value is -3.06. The van der Waals surface area contributed by atoms with Gasteiger partial charge in [-0.3, -0.25) is 0 Å². The van der Waals surface area contributed by atoms with Gasteiger partial charge in [0, 0.05) is 16.9 Å². The number of thioether (sulfide) groups is 1. The molecule has 0 aliphatic carbocycles. The number of allylic oxidation sites excluding steroid dienone is 2. The molecule has 3 aromatic rings. The van der Waals surface area contributed by atoms with Crippen molar-refractivity contribution in [2.45, 2.75) is 42.0 Å². The van der Waals surface area contributed by atoms with Crippen LogP contribution in [-0.4, -0.2) is 49.9 Å². The first kappa shape index (κ1) is 28.9. The second-order valence-corrected chi connectivity index (χ2v) is 10.6. The number of alkyl halides is 3. The van der Waals surface area contributed by atoms with Gasteiger partial charge in [-0.05, 0) is 29.8 Å². The van der Waals surface area contributed by atoms with Crippen molar-refractivity contribution < 1.29 is 36.5 Å². The SMILES string of the molecule is C[C@@H](SC1COC(/C=C/C=C/c2ccc(C(F)(F)F)cc2)OC1)[C@](O)(Cn1cncn1)c1ccc(F)cc1F. The van der Waals surface area contributed by atoms with Crippen LogP contribution < -0.4 is 0 Å². The Morgan fingerprint density at radius 3 is 2.44 bits per heavy atom. The molecular formula is C27H26F5N3O3S. The number of ether oxygens (including phenoxy) is 2. The highest BCUT2D eigenvalue weighted by Crippen LogP contribution is 2.38. The Bertz CT molecular complexity index is 1280. The molecule has 0 radical (unpaired) electrons. The molecule has 0 unspecified atom stereocenters. The highest BCUT2D eigenvalue weighted by atomic mass is 32.2. The molecule has 6 nitrogen and oxygen atoms in total. The van der Waals surface area contributed by atoms with Crippen LogP contribution in [0.2, 0.25) is 0 Å². The van der Waals surface area contributed by atoms with Crippen molar-refractivity contribution >= 4 is 17.8 Å². The van der Waals surface area contributed by atoms with Gasteiger partial charge < -0.3 is 14.6 Å². The number of halogens is 5. The van der Waals surface area contributed by atoms with Crippen molar-refractivity contribution in [3.63, 3.8) is 0 Å². The zero-order valence-corrected chi connectivity index (χ0v) is 21.6. The second-order valence-electron chi connectivity index (χ2n) is 8.94. The fourth-order valence-electron chi connectivity index (χ4n) is 4.03. The number of rotatable bonds is 9. The van der Waals surface area contributed by atoms with Gasteiger partial charge in [-0.1, -0.05) is 43.4 Å². The molecule has 208 valence electrons. The first-order valence-electron chi connectivity index (χ1n) is 12.0. The standard InChI is InChI=1S/C27H26F5N3O3S/c1-18(26(36,15-35-17-33-16-34-35)23-11-10-21(28)12-24(23)29)39-22-13-37-25(38-14-22)5-3-2-4-19-6-8-20(9-7-19)27(30,31)32/h2-12,16-18,22,25,36H,13-15H2,1H3/b4-2+,5-3+/t18-,22?,25?,26-/m1/s1. The van der Waals surface area contributed by atoms with Crippen molar-refractivity contribution in [1.29, 1.82) is 0 Å². The fraction of sp³-hybridized carbons (Fsp3) is 0.333. The first-order valence-corrected chi connectivity index (χ1v) is 12.9. The summed E-state index contributed by atoms with van der Waals surface area (Å²) in [6.45, 7) is 2.22. The van der Waals surface area contributed by atoms with E-state index in [1.54, 1.807) is 31.2 Å². The summed E-state index contributed by atoms with van der Waals surface area (Å²) in [4.78, 5) is 3.87. The van der Waals surface area contributed by atoms with Crippen LogP contribution in [0, 0.1) is 11.6 Å². The predicted octanol–water partition coefficient (Wildman–Crippen LogP) is 5.60. The average molecular weight is 568 g/mol. The lowest BCUT2D eigenvalue weighted by atomic mass is 9.90. The van der Waals surface area contributed by atoms with Crippen LogP contribution in [0.1, 0.15) is 23.6 Å². The van der Waals surface area contributed by atoms with E-state index in [-0.39, 0.29) is 30.6 Å². The van der Waals surface area contributed by atoms with Gasteiger partial charge in [0.2, 0.25) is 0 Å². The van der Waals surface area contributed by atoms with Crippen molar-refractivity contribution in [2.75, 3.05) is 13.2 Å². The molecule has 1 aliphatic heterocycles. The minimum Gasteiger partial charge on any atom is -0.382 e. The third-order valence-corrected chi connectivity index (χ3v) is 7.59. The van der Waals surface area contributed by atoms with Gasteiger partial charge in [0.1, 0.15) is 29.9 Å². The van der Waals surface area contributed by atoms with Crippen molar-refractivity contribution in [3.05, 3.63) is 102 Å². The molecular weight excluding hydrogens is 541 g/mol. The topological polar surface area (TPSA) is 69.4 Å². The van der Waals surface area contributed by atoms with Crippen LogP contribution in [0.3, 0.4) is 0 Å². The van der Waals surface area contributed by atoms with Gasteiger partial charge in [-0.2, -0.15) is 18.3 Å². The maximum Gasteiger partial charge on any atom is 0.416 e. The monoisotopic (exact) mass is 567 g/mol. The van der Waals surface area contributed by atoms with Gasteiger partial charge >= 0.3 is 6.18 Å². The van der Waals surface area contributed by atoms with Crippen LogP contribution in [0.5, 0.6) is 0 Å². The Morgan fingerprint density at radius 1 is 1.10 bits per heavy atom. The summed E-state index contributed by atoms with van der Waals surface area (Å²) in [6.07, 6.45) is 4.36. The van der Waals surface area contributed by atoms with Crippen LogP contribution in [-0.2, 0) is 27.8 Å². The van der Waals surface area contributed by atoms with E-state index in [2.05, 4.69) is 10.1 Å². The summed E-state index contributed by atoms with van der Waals surface area (Å²) in [5.74, 6) is -1.61. The lowest BCUT2D eigenvalue weighted by Gasteiger charge is -2.37. The molecule has 2 heterocycles. The van der Waals surface area contributed by atoms with Crippen molar-refractivity contribution in [2.24, 2.45) is 0 Å². The molecule has 4 rings (SSSR count). The van der Waals surface area contributed by atoms with E-state index >= 15 is 0 Å². The molecule has 1 saturated heterocycles. The van der Waals surface area contributed by atoms with Gasteiger partial charge in [0.05, 0.1) is 30.6 Å². The predicted molar refractivity (Wildman–Crippen MR) is 136 cm³/mol. The third kappa shape index (κ3) is 7.53. The lowest BCUT2D eigenvalue weighted by Crippen LogP contribution is -2.43. The maximum atomic E-state index is 14.7. The molecule has 12 heteroatoms. The minimum atomic E-state index is -4.38. The van der Waals surface area contributed by atoms with Gasteiger partial charge in [0.25, 0.3) is 0 Å². The van der Waals surface area contributed by atoms with Crippen LogP contribution in [0.4, 0.5) is 22.0 Å². The van der Waals surface area contributed by atoms with E-state index in [0.717, 1.165) is 24.3 Å². The van der Waals surface area contributed by atoms with E-state index in [4.69, 9.17) is 9.47 Å². The quantitative estimate of drug-likeness (QED) is 0.268. The second kappa shape index (κ2) is 12.4. The average Bonchev–Trinajstić information content (AvgIpc) is 3.40. The summed E-state index contributed by atoms with van der Waals surface area (Å²) >= 11 is 1.35. The Balaban J connectivity index is 1.33. The van der Waals surface area contributed by atoms with E-state index in [0.29, 0.717) is 5.56 Å². The Morgan fingerprint density at radius 2 is 1.82 bits per heavy atom. The summed E-state index contributed by atoms with van der Waals surface area (Å²) in [5.41, 5.74) is -1.89. The van der Waals surface area contributed by atoms with E-state index in [1.807, 2.05) is 0 Å². The number of benzene rings is 2. The molecule has 2 atom stereocenters. The van der Waals surface area contributed by atoms with E-state index in [9.17, 15) is 27.1 Å². The minimum absolute atomic E-state index is 0.0577. The maximum absolute atomic E-state index is 14.7. The smallest absolute Gasteiger partial charge is 0.382 e. The molecule has 1 fully saturated rings. The molecule has 1 N–H and O–H groups in total.